The van der Waals surface area contributed by atoms with Crippen molar-refractivity contribution in [3.05, 3.63) is 29.2 Å². The van der Waals surface area contributed by atoms with Crippen LogP contribution < -0.4 is 0 Å². The molecule has 1 radical (unpaired) electrons. The Hall–Kier alpha value is -1.62. The summed E-state index contributed by atoms with van der Waals surface area (Å²) < 4.78 is 5.17. The van der Waals surface area contributed by atoms with Gasteiger partial charge in [-0.25, -0.2) is 9.59 Å². The van der Waals surface area contributed by atoms with Crippen LogP contribution in [0.3, 0.4) is 0 Å². The van der Waals surface area contributed by atoms with Gasteiger partial charge in [-0.15, -0.1) is 0 Å². The quantitative estimate of drug-likeness (QED) is 0.496. The van der Waals surface area contributed by atoms with Crippen LogP contribution in [0.2, 0.25) is 0 Å². The highest BCUT2D eigenvalue weighted by molar-refractivity contribution is 5.89. The molecule has 0 aliphatic rings. The van der Waals surface area contributed by atoms with Gasteiger partial charge in [0.25, 0.3) is 0 Å². The van der Waals surface area contributed by atoms with E-state index < -0.39 is 5.97 Å². The molecule has 0 rings (SSSR count). The lowest BCUT2D eigenvalue weighted by Crippen LogP contribution is -2.20. The van der Waals surface area contributed by atoms with Gasteiger partial charge in [-0.2, -0.15) is 0 Å². The molecule has 5 heteroatoms. The number of nitrogens with zero attached hydrogens (tertiary/aromatic N) is 1. The molecule has 0 aliphatic carbocycles. The molecular weight excluding hydrogens is 282 g/mol. The number of rotatable bonds is 10. The number of likely N-dealkylation sites (N-methyl/N-ethyl adjacent to an activating group) is 1. The van der Waals surface area contributed by atoms with Crippen molar-refractivity contribution in [3.63, 3.8) is 0 Å². The first-order valence-electron chi connectivity index (χ1n) is 7.55. The Labute approximate surface area is 133 Å². The van der Waals surface area contributed by atoms with Crippen LogP contribution in [0.4, 0.5) is 0 Å². The fourth-order valence-corrected chi connectivity index (χ4v) is 1.68. The van der Waals surface area contributed by atoms with Crippen molar-refractivity contribution in [2.45, 2.75) is 40.0 Å². The second-order valence-electron chi connectivity index (χ2n) is 5.58. The van der Waals surface area contributed by atoms with Crippen LogP contribution in [0.5, 0.6) is 0 Å². The van der Waals surface area contributed by atoms with Crippen LogP contribution in [-0.4, -0.2) is 49.2 Å². The van der Waals surface area contributed by atoms with Crippen molar-refractivity contribution in [1.82, 2.24) is 4.90 Å². The van der Waals surface area contributed by atoms with E-state index in [4.69, 9.17) is 9.84 Å². The number of carbonyl (C=O) groups excluding carboxylic acids is 1. The molecule has 0 amide bonds. The van der Waals surface area contributed by atoms with Gasteiger partial charge in [0.2, 0.25) is 0 Å². The highest BCUT2D eigenvalue weighted by Gasteiger charge is 2.12. The lowest BCUT2D eigenvalue weighted by Gasteiger charge is -2.12. The van der Waals surface area contributed by atoms with Crippen molar-refractivity contribution in [2.75, 3.05) is 27.2 Å². The molecule has 0 aliphatic heterocycles. The molecule has 0 heterocycles. The number of carbonyl (C=O) groups is 2. The summed E-state index contributed by atoms with van der Waals surface area (Å²) in [5.74, 6) is -0.477. The molecule has 5 nitrogen and oxygen atoms in total. The van der Waals surface area contributed by atoms with E-state index in [1.807, 2.05) is 19.0 Å². The molecule has 0 aromatic heterocycles. The molecular formula is C17H28NO4. The number of esters is 1. The first-order valence-corrected chi connectivity index (χ1v) is 7.55. The Bertz CT molecular complexity index is 424. The first-order chi connectivity index (χ1) is 10.3. The van der Waals surface area contributed by atoms with Crippen LogP contribution in [-0.2, 0) is 14.3 Å². The van der Waals surface area contributed by atoms with Gasteiger partial charge >= 0.3 is 11.9 Å². The predicted octanol–water partition coefficient (Wildman–Crippen LogP) is 2.83. The van der Waals surface area contributed by atoms with Gasteiger partial charge in [0.1, 0.15) is 6.61 Å². The van der Waals surface area contributed by atoms with E-state index >= 15 is 0 Å². The zero-order valence-corrected chi connectivity index (χ0v) is 14.3. The summed E-state index contributed by atoms with van der Waals surface area (Å²) in [6.07, 6.45) is 6.03. The van der Waals surface area contributed by atoms with Gasteiger partial charge < -0.3 is 14.7 Å². The standard InChI is InChI=1S/C17H28NO4/c1-6-7-8-15(11-13(2)16(19)20)12-14(3)17(21)22-10-9-18(4)5/h11-12H,6-10H2,1-5H3,(H,19,20). The molecule has 0 spiro atoms. The van der Waals surface area contributed by atoms with Gasteiger partial charge in [-0.05, 0) is 34.4 Å². The Morgan fingerprint density at radius 2 is 1.73 bits per heavy atom. The number of carboxylic acid groups (broad SMARTS) is 1. The highest BCUT2D eigenvalue weighted by atomic mass is 16.5. The minimum absolute atomic E-state index is 0.260. The third kappa shape index (κ3) is 9.34. The van der Waals surface area contributed by atoms with Crippen molar-refractivity contribution < 1.29 is 19.4 Å². The van der Waals surface area contributed by atoms with E-state index in [0.717, 1.165) is 25.2 Å². The SMILES string of the molecule is CCCC[C](C=C(C)C(=O)O)C=C(C)C(=O)OCCN(C)C. The average molecular weight is 310 g/mol. The van der Waals surface area contributed by atoms with E-state index in [9.17, 15) is 9.59 Å². The van der Waals surface area contributed by atoms with Crippen LogP contribution in [0.15, 0.2) is 23.3 Å². The summed E-state index contributed by atoms with van der Waals surface area (Å²) >= 11 is 0. The minimum atomic E-state index is -0.950. The molecule has 0 aromatic carbocycles. The third-order valence-electron chi connectivity index (χ3n) is 3.05. The van der Waals surface area contributed by atoms with Gasteiger partial charge in [-0.3, -0.25) is 0 Å². The van der Waals surface area contributed by atoms with Crippen molar-refractivity contribution in [3.8, 4) is 0 Å². The summed E-state index contributed by atoms with van der Waals surface area (Å²) in [7, 11) is 3.82. The summed E-state index contributed by atoms with van der Waals surface area (Å²) in [6.45, 7) is 6.31. The molecule has 0 aromatic rings. The zero-order chi connectivity index (χ0) is 17.1. The molecule has 125 valence electrons. The summed E-state index contributed by atoms with van der Waals surface area (Å²) in [5.41, 5.74) is 0.746. The first kappa shape index (κ1) is 20.4. The Kier molecular flexibility index (Phi) is 10.2. The van der Waals surface area contributed by atoms with Crippen molar-refractivity contribution in [1.29, 1.82) is 0 Å². The van der Waals surface area contributed by atoms with Gasteiger partial charge in [0.05, 0.1) is 0 Å². The van der Waals surface area contributed by atoms with E-state index in [0.29, 0.717) is 18.7 Å². The molecule has 0 bridgehead atoms. The summed E-state index contributed by atoms with van der Waals surface area (Å²) in [5, 5.41) is 8.97. The van der Waals surface area contributed by atoms with Crippen LogP contribution >= 0.6 is 0 Å². The maximum absolute atomic E-state index is 11.9. The Balaban J connectivity index is 4.81. The van der Waals surface area contributed by atoms with Crippen molar-refractivity contribution >= 4 is 11.9 Å². The normalized spacial score (nSPS) is 12.9. The maximum atomic E-state index is 11.9. The van der Waals surface area contributed by atoms with Gasteiger partial charge in [-0.1, -0.05) is 31.9 Å². The molecule has 22 heavy (non-hydrogen) atoms. The molecule has 0 unspecified atom stereocenters. The van der Waals surface area contributed by atoms with Gasteiger partial charge in [0, 0.05) is 23.6 Å². The average Bonchev–Trinajstić information content (AvgIpc) is 2.43. The summed E-state index contributed by atoms with van der Waals surface area (Å²) in [6, 6.07) is 0. The largest absolute Gasteiger partial charge is 0.478 e. The van der Waals surface area contributed by atoms with E-state index in [1.165, 1.54) is 0 Å². The maximum Gasteiger partial charge on any atom is 0.333 e. The highest BCUT2D eigenvalue weighted by Crippen LogP contribution is 2.19. The zero-order valence-electron chi connectivity index (χ0n) is 14.3. The molecule has 1 N–H and O–H groups in total. The topological polar surface area (TPSA) is 66.8 Å². The predicted molar refractivity (Wildman–Crippen MR) is 87.4 cm³/mol. The smallest absolute Gasteiger partial charge is 0.333 e. The number of allylic oxidation sites excluding steroid dienone is 2. The minimum Gasteiger partial charge on any atom is -0.478 e. The fraction of sp³-hybridized carbons (Fsp3) is 0.588. The summed E-state index contributed by atoms with van der Waals surface area (Å²) in [4.78, 5) is 24.8. The van der Waals surface area contributed by atoms with Crippen LogP contribution in [0, 0.1) is 5.92 Å². The Morgan fingerprint density at radius 3 is 2.23 bits per heavy atom. The third-order valence-corrected chi connectivity index (χ3v) is 3.05. The second kappa shape index (κ2) is 11.0. The molecule has 0 atom stereocenters. The number of carboxylic acids is 1. The molecule has 0 fully saturated rings. The number of aliphatic carboxylic acids is 1. The lowest BCUT2D eigenvalue weighted by molar-refractivity contribution is -0.139. The molecule has 0 saturated heterocycles. The number of ether oxygens (including phenoxy) is 1. The Morgan fingerprint density at radius 1 is 1.14 bits per heavy atom. The van der Waals surface area contributed by atoms with Gasteiger partial charge in [0.15, 0.2) is 0 Å². The fourth-order valence-electron chi connectivity index (χ4n) is 1.68. The second-order valence-corrected chi connectivity index (χ2v) is 5.58. The number of hydrogen-bond acceptors (Lipinski definition) is 4. The van der Waals surface area contributed by atoms with Crippen LogP contribution in [0.1, 0.15) is 40.0 Å². The number of hydrogen-bond donors (Lipinski definition) is 1. The molecule has 0 saturated carbocycles. The van der Waals surface area contributed by atoms with Crippen LogP contribution in [0.25, 0.3) is 0 Å². The van der Waals surface area contributed by atoms with E-state index in [1.54, 1.807) is 26.0 Å². The van der Waals surface area contributed by atoms with E-state index in [-0.39, 0.29) is 11.5 Å². The number of unbranched alkanes of at least 4 members (excludes halogenated alkanes) is 1. The van der Waals surface area contributed by atoms with Crippen molar-refractivity contribution in [2.24, 2.45) is 0 Å². The van der Waals surface area contributed by atoms with E-state index in [2.05, 4.69) is 6.92 Å². The monoisotopic (exact) mass is 310 g/mol. The lowest BCUT2D eigenvalue weighted by atomic mass is 9.97.